The second kappa shape index (κ2) is 4.56. The lowest BCUT2D eigenvalue weighted by Gasteiger charge is -2.28. The normalized spacial score (nSPS) is 22.8. The predicted molar refractivity (Wildman–Crippen MR) is 60.3 cm³/mol. The van der Waals surface area contributed by atoms with Gasteiger partial charge in [0.05, 0.1) is 6.54 Å². The molecular weight excluding hydrogens is 218 g/mol. The van der Waals surface area contributed by atoms with Gasteiger partial charge in [-0.25, -0.2) is 0 Å². The van der Waals surface area contributed by atoms with E-state index >= 15 is 0 Å². The first-order valence-corrected chi connectivity index (χ1v) is 6.35. The van der Waals surface area contributed by atoms with Crippen molar-refractivity contribution >= 4 is 6.29 Å². The quantitative estimate of drug-likeness (QED) is 0.737. The average molecular weight is 235 g/mol. The lowest BCUT2D eigenvalue weighted by atomic mass is 9.99. The Labute approximate surface area is 100 Å². The highest BCUT2D eigenvalue weighted by Crippen LogP contribution is 2.38. The second-order valence-corrected chi connectivity index (χ2v) is 5.07. The van der Waals surface area contributed by atoms with Crippen LogP contribution in [0.2, 0.25) is 0 Å². The number of nitrogens with zero attached hydrogens (tertiary/aromatic N) is 3. The van der Waals surface area contributed by atoms with Crippen molar-refractivity contribution in [3.63, 3.8) is 0 Å². The van der Waals surface area contributed by atoms with Gasteiger partial charge in [-0.15, -0.1) is 0 Å². The molecule has 2 aliphatic rings. The molecule has 0 radical (unpaired) electrons. The van der Waals surface area contributed by atoms with Gasteiger partial charge in [0.2, 0.25) is 5.89 Å². The van der Waals surface area contributed by atoms with Gasteiger partial charge in [0.1, 0.15) is 6.29 Å². The van der Waals surface area contributed by atoms with Crippen LogP contribution >= 0.6 is 0 Å². The number of carbonyl (C=O) groups is 1. The molecule has 1 aromatic rings. The molecule has 0 unspecified atom stereocenters. The molecule has 1 aliphatic carbocycles. The maximum atomic E-state index is 10.7. The molecule has 1 saturated carbocycles. The monoisotopic (exact) mass is 235 g/mol. The zero-order chi connectivity index (χ0) is 11.7. The minimum absolute atomic E-state index is 0.249. The van der Waals surface area contributed by atoms with Crippen LogP contribution in [0.15, 0.2) is 4.52 Å². The number of hydrogen-bond donors (Lipinski definition) is 0. The number of hydrogen-bond acceptors (Lipinski definition) is 5. The molecule has 1 saturated heterocycles. The number of aromatic nitrogens is 2. The fraction of sp³-hybridized carbons (Fsp3) is 0.750. The van der Waals surface area contributed by atoms with E-state index in [1.165, 1.54) is 12.8 Å². The molecule has 5 nitrogen and oxygen atoms in total. The van der Waals surface area contributed by atoms with Gasteiger partial charge in [-0.1, -0.05) is 5.16 Å². The molecule has 0 N–H and O–H groups in total. The van der Waals surface area contributed by atoms with Crippen LogP contribution in [0.4, 0.5) is 0 Å². The van der Waals surface area contributed by atoms with Gasteiger partial charge >= 0.3 is 0 Å². The van der Waals surface area contributed by atoms with Crippen LogP contribution in [-0.4, -0.2) is 34.4 Å². The van der Waals surface area contributed by atoms with Crippen molar-refractivity contribution in [1.29, 1.82) is 0 Å². The van der Waals surface area contributed by atoms with E-state index in [1.807, 2.05) is 0 Å². The first-order valence-electron chi connectivity index (χ1n) is 6.35. The Hall–Kier alpha value is -1.23. The van der Waals surface area contributed by atoms with E-state index in [0.29, 0.717) is 5.92 Å². The van der Waals surface area contributed by atoms with Crippen LogP contribution in [0.3, 0.4) is 0 Å². The lowest BCUT2D eigenvalue weighted by Crippen LogP contribution is -2.33. The van der Waals surface area contributed by atoms with Crippen molar-refractivity contribution in [1.82, 2.24) is 15.0 Å². The Morgan fingerprint density at radius 2 is 2.06 bits per heavy atom. The summed E-state index contributed by atoms with van der Waals surface area (Å²) in [6.45, 7) is 2.66. The van der Waals surface area contributed by atoms with Crippen LogP contribution in [-0.2, 0) is 11.3 Å². The molecule has 92 valence electrons. The Balaban J connectivity index is 1.53. The molecule has 1 aliphatic heterocycles. The molecule has 3 rings (SSSR count). The third-order valence-electron chi connectivity index (χ3n) is 3.60. The van der Waals surface area contributed by atoms with Gasteiger partial charge in [0.25, 0.3) is 0 Å². The highest BCUT2D eigenvalue weighted by atomic mass is 16.5. The van der Waals surface area contributed by atoms with E-state index in [2.05, 4.69) is 15.0 Å². The average Bonchev–Trinajstić information content (AvgIpc) is 3.12. The number of aldehydes is 1. The molecule has 5 heteroatoms. The van der Waals surface area contributed by atoms with Crippen molar-refractivity contribution < 1.29 is 9.32 Å². The number of rotatable bonds is 4. The third-order valence-corrected chi connectivity index (χ3v) is 3.60. The topological polar surface area (TPSA) is 59.2 Å². The number of likely N-dealkylation sites (tertiary alicyclic amines) is 1. The molecule has 0 bridgehead atoms. The molecule has 17 heavy (non-hydrogen) atoms. The van der Waals surface area contributed by atoms with Crippen molar-refractivity contribution in [3.05, 3.63) is 11.7 Å². The summed E-state index contributed by atoms with van der Waals surface area (Å²) in [7, 11) is 0. The minimum Gasteiger partial charge on any atom is -0.339 e. The van der Waals surface area contributed by atoms with Gasteiger partial charge in [-0.05, 0) is 38.8 Å². The van der Waals surface area contributed by atoms with Crippen molar-refractivity contribution in [2.75, 3.05) is 13.1 Å². The number of carbonyl (C=O) groups excluding carboxylic acids is 1. The Morgan fingerprint density at radius 3 is 2.71 bits per heavy atom. The lowest BCUT2D eigenvalue weighted by molar-refractivity contribution is -0.112. The van der Waals surface area contributed by atoms with Crippen LogP contribution in [0.1, 0.15) is 43.3 Å². The van der Waals surface area contributed by atoms with Gasteiger partial charge in [-0.3, -0.25) is 4.90 Å². The zero-order valence-corrected chi connectivity index (χ0v) is 9.84. The van der Waals surface area contributed by atoms with E-state index in [9.17, 15) is 4.79 Å². The first-order chi connectivity index (χ1) is 8.35. The molecular formula is C12H17N3O2. The fourth-order valence-electron chi connectivity index (χ4n) is 2.27. The second-order valence-electron chi connectivity index (χ2n) is 5.07. The minimum atomic E-state index is 0.249. The molecule has 2 fully saturated rings. The maximum Gasteiger partial charge on any atom is 0.229 e. The summed E-state index contributed by atoms with van der Waals surface area (Å²) in [4.78, 5) is 17.4. The van der Waals surface area contributed by atoms with Gasteiger partial charge < -0.3 is 9.32 Å². The summed E-state index contributed by atoms with van der Waals surface area (Å²) in [6, 6.07) is 0. The Morgan fingerprint density at radius 1 is 1.29 bits per heavy atom. The SMILES string of the molecule is O=CC1CCN(Cc2noc(C3CC3)n2)CC1. The highest BCUT2D eigenvalue weighted by molar-refractivity contribution is 5.53. The first kappa shape index (κ1) is 10.9. The molecule has 0 aromatic carbocycles. The van der Waals surface area contributed by atoms with Crippen LogP contribution in [0, 0.1) is 5.92 Å². The molecule has 0 amide bonds. The van der Waals surface area contributed by atoms with E-state index in [0.717, 1.165) is 50.5 Å². The summed E-state index contributed by atoms with van der Waals surface area (Å²) in [5, 5.41) is 4.01. The van der Waals surface area contributed by atoms with E-state index in [4.69, 9.17) is 4.52 Å². The Kier molecular flexibility index (Phi) is 2.93. The van der Waals surface area contributed by atoms with Crippen molar-refractivity contribution in [3.8, 4) is 0 Å². The van der Waals surface area contributed by atoms with E-state index in [1.54, 1.807) is 0 Å². The van der Waals surface area contributed by atoms with Gasteiger partial charge in [-0.2, -0.15) is 4.98 Å². The summed E-state index contributed by atoms with van der Waals surface area (Å²) >= 11 is 0. The third kappa shape index (κ3) is 2.54. The summed E-state index contributed by atoms with van der Waals surface area (Å²) in [5.41, 5.74) is 0. The molecule has 0 spiro atoms. The van der Waals surface area contributed by atoms with Crippen LogP contribution in [0.5, 0.6) is 0 Å². The largest absolute Gasteiger partial charge is 0.339 e. The Bertz CT molecular complexity index is 392. The van der Waals surface area contributed by atoms with E-state index in [-0.39, 0.29) is 5.92 Å². The maximum absolute atomic E-state index is 10.7. The molecule has 0 atom stereocenters. The van der Waals surface area contributed by atoms with Gasteiger partial charge in [0.15, 0.2) is 5.82 Å². The predicted octanol–water partition coefficient (Wildman–Crippen LogP) is 1.36. The van der Waals surface area contributed by atoms with Crippen molar-refractivity contribution in [2.24, 2.45) is 5.92 Å². The van der Waals surface area contributed by atoms with Crippen molar-refractivity contribution in [2.45, 2.75) is 38.1 Å². The summed E-state index contributed by atoms with van der Waals surface area (Å²) < 4.78 is 5.23. The smallest absolute Gasteiger partial charge is 0.229 e. The zero-order valence-electron chi connectivity index (χ0n) is 9.84. The number of piperidine rings is 1. The van der Waals surface area contributed by atoms with Crippen LogP contribution in [0.25, 0.3) is 0 Å². The van der Waals surface area contributed by atoms with E-state index < -0.39 is 0 Å². The summed E-state index contributed by atoms with van der Waals surface area (Å²) in [5.74, 6) is 2.37. The fourth-order valence-corrected chi connectivity index (χ4v) is 2.27. The van der Waals surface area contributed by atoms with Crippen LogP contribution < -0.4 is 0 Å². The molecule has 1 aromatic heterocycles. The summed E-state index contributed by atoms with van der Waals surface area (Å²) in [6.07, 6.45) is 5.36. The molecule has 2 heterocycles. The highest BCUT2D eigenvalue weighted by Gasteiger charge is 2.30. The standard InChI is InChI=1S/C12H17N3O2/c16-8-9-3-5-15(6-4-9)7-11-13-12(17-14-11)10-1-2-10/h8-10H,1-7H2. The van der Waals surface area contributed by atoms with Gasteiger partial charge in [0, 0.05) is 11.8 Å².